The second-order valence-electron chi connectivity index (χ2n) is 11.1. The number of halogens is 1. The molecule has 0 saturated heterocycles. The minimum atomic E-state index is -0.0920. The smallest absolute Gasteiger partial charge is 0.133 e. The molecule has 2 rings (SSSR count). The fourth-order valence-corrected chi connectivity index (χ4v) is 5.56. The third-order valence-electron chi connectivity index (χ3n) is 7.49. The van der Waals surface area contributed by atoms with Crippen LogP contribution in [0, 0.1) is 31.6 Å². The summed E-state index contributed by atoms with van der Waals surface area (Å²) in [6.45, 7) is 15.8. The van der Waals surface area contributed by atoms with E-state index in [2.05, 4.69) is 50.5 Å². The fraction of sp³-hybridized carbons (Fsp3) is 0.786. The Hall–Kier alpha value is -0.700. The van der Waals surface area contributed by atoms with Crippen molar-refractivity contribution in [3.8, 4) is 11.5 Å². The van der Waals surface area contributed by atoms with E-state index in [1.807, 2.05) is 13.8 Å². The maximum Gasteiger partial charge on any atom is 0.133 e. The molecule has 0 unspecified atom stereocenters. The summed E-state index contributed by atoms with van der Waals surface area (Å²) in [6, 6.07) is 0. The van der Waals surface area contributed by atoms with Crippen LogP contribution in [0.15, 0.2) is 4.47 Å². The van der Waals surface area contributed by atoms with Crippen LogP contribution >= 0.6 is 15.9 Å². The van der Waals surface area contributed by atoms with E-state index in [1.54, 1.807) is 0 Å². The van der Waals surface area contributed by atoms with Crippen molar-refractivity contribution < 1.29 is 9.84 Å². The van der Waals surface area contributed by atoms with Crippen LogP contribution in [-0.4, -0.2) is 10.7 Å². The summed E-state index contributed by atoms with van der Waals surface area (Å²) in [6.07, 6.45) is 14.0. The van der Waals surface area contributed by atoms with Crippen molar-refractivity contribution in [3.05, 3.63) is 21.2 Å². The Morgan fingerprint density at radius 2 is 1.45 bits per heavy atom. The van der Waals surface area contributed by atoms with Crippen LogP contribution < -0.4 is 4.74 Å². The number of ether oxygens (including phenoxy) is 1. The van der Waals surface area contributed by atoms with E-state index in [-0.39, 0.29) is 5.60 Å². The lowest BCUT2D eigenvalue weighted by molar-refractivity contribution is 0.0511. The number of hydrogen-bond donors (Lipinski definition) is 1. The Balaban J connectivity index is 1.74. The van der Waals surface area contributed by atoms with E-state index in [9.17, 15) is 5.11 Å². The van der Waals surface area contributed by atoms with Gasteiger partial charge in [0.25, 0.3) is 0 Å². The molecule has 3 atom stereocenters. The number of phenols is 1. The summed E-state index contributed by atoms with van der Waals surface area (Å²) in [7, 11) is 0. The van der Waals surface area contributed by atoms with Crippen molar-refractivity contribution in [2.45, 2.75) is 125 Å². The fourth-order valence-electron chi connectivity index (χ4n) is 5.09. The average molecular weight is 496 g/mol. The van der Waals surface area contributed by atoms with Gasteiger partial charge in [-0.05, 0) is 85.7 Å². The molecule has 0 amide bonds. The van der Waals surface area contributed by atoms with Gasteiger partial charge in [0.15, 0.2) is 0 Å². The van der Waals surface area contributed by atoms with Crippen LogP contribution in [-0.2, 0) is 6.42 Å². The summed E-state index contributed by atoms with van der Waals surface area (Å²) in [5, 5.41) is 10.3. The van der Waals surface area contributed by atoms with Gasteiger partial charge in [0, 0.05) is 11.1 Å². The largest absolute Gasteiger partial charge is 0.506 e. The molecule has 31 heavy (non-hydrogen) atoms. The van der Waals surface area contributed by atoms with E-state index in [0.29, 0.717) is 5.75 Å². The molecule has 3 heteroatoms. The molecule has 0 bridgehead atoms. The molecule has 0 aromatic heterocycles. The zero-order valence-electron chi connectivity index (χ0n) is 21.2. The van der Waals surface area contributed by atoms with Crippen molar-refractivity contribution in [1.29, 1.82) is 0 Å². The zero-order chi connectivity index (χ0) is 23.2. The van der Waals surface area contributed by atoms with Crippen molar-refractivity contribution in [1.82, 2.24) is 0 Å². The Bertz CT molecular complexity index is 712. The predicted octanol–water partition coefficient (Wildman–Crippen LogP) is 9.29. The number of hydrogen-bond acceptors (Lipinski definition) is 2. The van der Waals surface area contributed by atoms with E-state index >= 15 is 0 Å². The molecule has 0 spiro atoms. The van der Waals surface area contributed by atoms with Gasteiger partial charge in [-0.15, -0.1) is 0 Å². The number of phenolic OH excluding ortho intramolecular Hbond substituents is 1. The van der Waals surface area contributed by atoms with Crippen LogP contribution in [0.2, 0.25) is 0 Å². The molecular weight excluding hydrogens is 448 g/mol. The van der Waals surface area contributed by atoms with Gasteiger partial charge in [-0.2, -0.15) is 0 Å². The lowest BCUT2D eigenvalue weighted by atomic mass is 9.84. The molecule has 1 aliphatic rings. The molecule has 2 nitrogen and oxygen atoms in total. The third kappa shape index (κ3) is 7.69. The first-order valence-corrected chi connectivity index (χ1v) is 13.5. The van der Waals surface area contributed by atoms with Crippen LogP contribution in [0.3, 0.4) is 0 Å². The SMILES string of the molecule is Cc1c(O)c(Br)c(C)c2c1CC[C@@](C)(CCC[C@H](C)CCC[C@H](C)CCCC(C)C)O2. The summed E-state index contributed by atoms with van der Waals surface area (Å²) in [4.78, 5) is 0. The van der Waals surface area contributed by atoms with E-state index < -0.39 is 0 Å². The Morgan fingerprint density at radius 1 is 0.903 bits per heavy atom. The highest BCUT2D eigenvalue weighted by Gasteiger charge is 2.34. The molecule has 0 radical (unpaired) electrons. The van der Waals surface area contributed by atoms with Crippen molar-refractivity contribution in [3.63, 3.8) is 0 Å². The monoisotopic (exact) mass is 494 g/mol. The lowest BCUT2D eigenvalue weighted by Crippen LogP contribution is -2.37. The van der Waals surface area contributed by atoms with E-state index in [0.717, 1.165) is 58.4 Å². The molecule has 1 aliphatic heterocycles. The minimum absolute atomic E-state index is 0.0920. The molecule has 1 N–H and O–H groups in total. The molecular formula is C28H47BrO2. The first kappa shape index (κ1) is 26.6. The molecule has 1 aromatic rings. The zero-order valence-corrected chi connectivity index (χ0v) is 22.8. The molecule has 178 valence electrons. The van der Waals surface area contributed by atoms with Gasteiger partial charge in [0.1, 0.15) is 17.1 Å². The predicted molar refractivity (Wildman–Crippen MR) is 137 cm³/mol. The van der Waals surface area contributed by atoms with Crippen LogP contribution in [0.1, 0.15) is 116 Å². The molecule has 1 heterocycles. The third-order valence-corrected chi connectivity index (χ3v) is 8.46. The summed E-state index contributed by atoms with van der Waals surface area (Å²) < 4.78 is 7.35. The highest BCUT2D eigenvalue weighted by molar-refractivity contribution is 9.10. The van der Waals surface area contributed by atoms with Gasteiger partial charge in [-0.3, -0.25) is 0 Å². The maximum atomic E-state index is 10.3. The molecule has 0 saturated carbocycles. The number of benzene rings is 1. The number of fused-ring (bicyclic) bond motifs is 1. The van der Waals surface area contributed by atoms with E-state index in [4.69, 9.17) is 4.74 Å². The average Bonchev–Trinajstić information content (AvgIpc) is 2.70. The standard InChI is InChI=1S/C28H47BrO2/c1-19(2)11-8-12-20(3)13-9-14-21(4)15-10-17-28(7)18-16-24-22(5)26(30)25(29)23(6)27(24)31-28/h19-21,30H,8-18H2,1-7H3/t20-,21-,28-/m1/s1. The van der Waals surface area contributed by atoms with Crippen molar-refractivity contribution >= 4 is 15.9 Å². The Kier molecular flexibility index (Phi) is 10.2. The number of aromatic hydroxyl groups is 1. The topological polar surface area (TPSA) is 29.5 Å². The lowest BCUT2D eigenvalue weighted by Gasteiger charge is -2.38. The summed E-state index contributed by atoms with van der Waals surface area (Å²) >= 11 is 3.54. The minimum Gasteiger partial charge on any atom is -0.506 e. The quantitative estimate of drug-likeness (QED) is 0.313. The van der Waals surface area contributed by atoms with Crippen LogP contribution in [0.5, 0.6) is 11.5 Å². The summed E-state index contributed by atoms with van der Waals surface area (Å²) in [5.74, 6) is 3.89. The molecule has 1 aromatic carbocycles. The maximum absolute atomic E-state index is 10.3. The normalized spacial score (nSPS) is 20.4. The van der Waals surface area contributed by atoms with Gasteiger partial charge in [0.05, 0.1) is 4.47 Å². The molecule has 0 aliphatic carbocycles. The van der Waals surface area contributed by atoms with Crippen molar-refractivity contribution in [2.24, 2.45) is 17.8 Å². The first-order chi connectivity index (χ1) is 14.5. The highest BCUT2D eigenvalue weighted by atomic mass is 79.9. The Morgan fingerprint density at radius 3 is 2.03 bits per heavy atom. The van der Waals surface area contributed by atoms with Gasteiger partial charge in [-0.25, -0.2) is 0 Å². The van der Waals surface area contributed by atoms with Crippen LogP contribution in [0.4, 0.5) is 0 Å². The molecule has 0 fully saturated rings. The second-order valence-corrected chi connectivity index (χ2v) is 11.9. The first-order valence-electron chi connectivity index (χ1n) is 12.7. The van der Waals surface area contributed by atoms with Crippen LogP contribution in [0.25, 0.3) is 0 Å². The highest BCUT2D eigenvalue weighted by Crippen LogP contribution is 2.46. The Labute approximate surface area is 200 Å². The summed E-state index contributed by atoms with van der Waals surface area (Å²) in [5.41, 5.74) is 3.08. The van der Waals surface area contributed by atoms with Gasteiger partial charge in [-0.1, -0.05) is 72.6 Å². The van der Waals surface area contributed by atoms with Crippen molar-refractivity contribution in [2.75, 3.05) is 0 Å². The van der Waals surface area contributed by atoms with E-state index in [1.165, 1.54) is 56.9 Å². The van der Waals surface area contributed by atoms with Gasteiger partial charge < -0.3 is 9.84 Å². The number of rotatable bonds is 12. The van der Waals surface area contributed by atoms with Gasteiger partial charge in [0.2, 0.25) is 0 Å². The van der Waals surface area contributed by atoms with Gasteiger partial charge >= 0.3 is 0 Å². The second kappa shape index (κ2) is 12.0.